The van der Waals surface area contributed by atoms with Gasteiger partial charge < -0.3 is 20.6 Å². The van der Waals surface area contributed by atoms with Crippen LogP contribution in [0.4, 0.5) is 17.1 Å². The zero-order valence-corrected chi connectivity index (χ0v) is 33.7. The Kier molecular flexibility index (Phi) is 9.41. The SMILES string of the molecule is C1=Cc2nc1c(-c1ccccc1)c1ccc([nH]1)c(-c1ccccc1)c1nc(c(-c3ccccc3)c3[nH]c(cc3Nc3ccccc3)c2-c2ccccc2)C=C1Nc1ccccc1. The van der Waals surface area contributed by atoms with Gasteiger partial charge in [-0.25, -0.2) is 9.97 Å². The predicted octanol–water partition coefficient (Wildman–Crippen LogP) is 14.5. The van der Waals surface area contributed by atoms with E-state index in [0.717, 1.165) is 112 Å². The minimum atomic E-state index is 0.813. The lowest BCUT2D eigenvalue weighted by Crippen LogP contribution is -1.99. The van der Waals surface area contributed by atoms with Crippen LogP contribution < -0.4 is 10.6 Å². The van der Waals surface area contributed by atoms with E-state index >= 15 is 0 Å². The molecule has 11 rings (SSSR count). The molecule has 0 unspecified atom stereocenters. The van der Waals surface area contributed by atoms with Crippen molar-refractivity contribution < 1.29 is 0 Å². The number of hydrogen-bond acceptors (Lipinski definition) is 4. The van der Waals surface area contributed by atoms with Crippen molar-refractivity contribution in [2.75, 3.05) is 10.6 Å². The molecule has 62 heavy (non-hydrogen) atoms. The van der Waals surface area contributed by atoms with E-state index in [0.29, 0.717) is 0 Å². The number of aromatic nitrogens is 4. The third kappa shape index (κ3) is 6.95. The lowest BCUT2D eigenvalue weighted by atomic mass is 10.0. The molecular weight excluding hydrogens is 757 g/mol. The summed E-state index contributed by atoms with van der Waals surface area (Å²) in [5, 5.41) is 7.59. The van der Waals surface area contributed by atoms with Crippen LogP contribution >= 0.6 is 0 Å². The van der Waals surface area contributed by atoms with E-state index in [-0.39, 0.29) is 0 Å². The van der Waals surface area contributed by atoms with Gasteiger partial charge in [0.25, 0.3) is 0 Å². The maximum Gasteiger partial charge on any atom is 0.0971 e. The normalized spacial score (nSPS) is 11.9. The summed E-state index contributed by atoms with van der Waals surface area (Å²) >= 11 is 0. The van der Waals surface area contributed by atoms with Crippen molar-refractivity contribution in [1.82, 2.24) is 19.9 Å². The molecule has 0 aliphatic carbocycles. The van der Waals surface area contributed by atoms with Crippen LogP contribution in [0.15, 0.2) is 200 Å². The van der Waals surface area contributed by atoms with Crippen LogP contribution in [0.1, 0.15) is 22.8 Å². The van der Waals surface area contributed by atoms with E-state index in [4.69, 9.17) is 9.97 Å². The van der Waals surface area contributed by atoms with Crippen LogP contribution in [-0.2, 0) is 0 Å². The molecule has 4 N–H and O–H groups in total. The van der Waals surface area contributed by atoms with Gasteiger partial charge in [-0.3, -0.25) is 0 Å². The van der Waals surface area contributed by atoms with Crippen molar-refractivity contribution in [3.63, 3.8) is 0 Å². The summed E-state index contributed by atoms with van der Waals surface area (Å²) in [5.74, 6) is 0. The molecule has 9 aromatic rings. The van der Waals surface area contributed by atoms with Crippen molar-refractivity contribution in [2.45, 2.75) is 0 Å². The molecule has 3 aromatic heterocycles. The zero-order valence-electron chi connectivity index (χ0n) is 33.7. The molecule has 0 radical (unpaired) electrons. The van der Waals surface area contributed by atoms with Crippen LogP contribution in [0.2, 0.25) is 0 Å². The number of hydrogen-bond donors (Lipinski definition) is 4. The molecule has 2 aliphatic rings. The molecule has 6 aromatic carbocycles. The molecule has 0 amide bonds. The number of aromatic amines is 2. The average molecular weight is 797 g/mol. The number of nitrogens with zero attached hydrogens (tertiary/aromatic N) is 2. The molecule has 294 valence electrons. The van der Waals surface area contributed by atoms with E-state index < -0.39 is 0 Å². The van der Waals surface area contributed by atoms with E-state index in [2.05, 4.69) is 215 Å². The zero-order chi connectivity index (χ0) is 41.2. The van der Waals surface area contributed by atoms with Gasteiger partial charge in [0.2, 0.25) is 0 Å². The Morgan fingerprint density at radius 3 is 1.32 bits per heavy atom. The van der Waals surface area contributed by atoms with Gasteiger partial charge >= 0.3 is 0 Å². The molecule has 6 heteroatoms. The third-order valence-corrected chi connectivity index (χ3v) is 11.3. The summed E-state index contributed by atoms with van der Waals surface area (Å²) in [4.78, 5) is 19.1. The Morgan fingerprint density at radius 1 is 0.355 bits per heavy atom. The number of para-hydroxylation sites is 2. The maximum absolute atomic E-state index is 5.70. The van der Waals surface area contributed by atoms with Crippen molar-refractivity contribution in [2.24, 2.45) is 0 Å². The number of rotatable bonds is 8. The van der Waals surface area contributed by atoms with Gasteiger partial charge in [-0.2, -0.15) is 0 Å². The van der Waals surface area contributed by atoms with E-state index in [1.165, 1.54) is 0 Å². The maximum atomic E-state index is 5.70. The summed E-state index contributed by atoms with van der Waals surface area (Å²) in [5.41, 5.74) is 18.9. The molecule has 2 aliphatic heterocycles. The van der Waals surface area contributed by atoms with Crippen LogP contribution in [0.5, 0.6) is 0 Å². The van der Waals surface area contributed by atoms with Gasteiger partial charge in [-0.1, -0.05) is 158 Å². The molecule has 0 atom stereocenters. The highest BCUT2D eigenvalue weighted by molar-refractivity contribution is 6.06. The van der Waals surface area contributed by atoms with Gasteiger partial charge in [-0.15, -0.1) is 0 Å². The Labute approximate surface area is 359 Å². The van der Waals surface area contributed by atoms with Gasteiger partial charge in [0.1, 0.15) is 0 Å². The quantitative estimate of drug-likeness (QED) is 0.123. The van der Waals surface area contributed by atoms with Crippen molar-refractivity contribution in [3.05, 3.63) is 223 Å². The fourth-order valence-corrected chi connectivity index (χ4v) is 8.54. The van der Waals surface area contributed by atoms with Crippen LogP contribution in [-0.4, -0.2) is 19.9 Å². The Bertz CT molecular complexity index is 3300. The summed E-state index contributed by atoms with van der Waals surface area (Å²) in [6.07, 6.45) is 6.47. The second-order valence-corrected chi connectivity index (χ2v) is 15.3. The largest absolute Gasteiger partial charge is 0.354 e. The summed E-state index contributed by atoms with van der Waals surface area (Å²) in [7, 11) is 0. The van der Waals surface area contributed by atoms with Crippen LogP contribution in [0.3, 0.4) is 0 Å². The number of anilines is 3. The van der Waals surface area contributed by atoms with E-state index in [1.807, 2.05) is 24.3 Å². The molecule has 0 saturated heterocycles. The molecule has 0 spiro atoms. The molecule has 0 saturated carbocycles. The van der Waals surface area contributed by atoms with Crippen LogP contribution in [0, 0.1) is 0 Å². The molecule has 0 fully saturated rings. The van der Waals surface area contributed by atoms with Gasteiger partial charge in [0, 0.05) is 44.7 Å². The minimum absolute atomic E-state index is 0.813. The highest BCUT2D eigenvalue weighted by Crippen LogP contribution is 2.42. The van der Waals surface area contributed by atoms with Crippen molar-refractivity contribution in [1.29, 1.82) is 0 Å². The standard InChI is InChI=1S/C56H40N6/c1-7-19-37(20-8-1)51-43-31-32-45(59-43)52(38-21-9-2-10-22-38)47-35-49(57-41-27-15-5-16-28-41)56(61-47)54(40-25-13-4-14-26-40)48-36-50(58-42-29-17-6-18-30-42)55(62-48)53(39-23-11-3-12-24-39)46-34-33-44(51)60-46/h1-36,57-58,60-61H. The smallest absolute Gasteiger partial charge is 0.0971 e. The third-order valence-electron chi connectivity index (χ3n) is 11.3. The van der Waals surface area contributed by atoms with E-state index in [1.54, 1.807) is 0 Å². The number of fused-ring (bicyclic) bond motifs is 8. The summed E-state index contributed by atoms with van der Waals surface area (Å²) in [6.45, 7) is 0. The average Bonchev–Trinajstić information content (AvgIpc) is 4.16. The molecular formula is C56H40N6. The topological polar surface area (TPSA) is 81.4 Å². The lowest BCUT2D eigenvalue weighted by molar-refractivity contribution is 1.30. The first-order valence-electron chi connectivity index (χ1n) is 20.8. The highest BCUT2D eigenvalue weighted by atomic mass is 15.0. The molecule has 5 heterocycles. The van der Waals surface area contributed by atoms with Crippen molar-refractivity contribution in [3.8, 4) is 44.5 Å². The predicted molar refractivity (Wildman–Crippen MR) is 259 cm³/mol. The Morgan fingerprint density at radius 2 is 0.790 bits per heavy atom. The second-order valence-electron chi connectivity index (χ2n) is 15.3. The number of H-pyrrole nitrogens is 2. The first-order valence-corrected chi connectivity index (χ1v) is 20.8. The molecule has 8 bridgehead atoms. The van der Waals surface area contributed by atoms with Crippen LogP contribution in [0.25, 0.3) is 90.5 Å². The second kappa shape index (κ2) is 15.9. The lowest BCUT2D eigenvalue weighted by Gasteiger charge is -2.11. The number of nitrogens with one attached hydrogen (secondary N) is 4. The fraction of sp³-hybridized carbons (Fsp3) is 0. The first-order chi connectivity index (χ1) is 30.7. The fourth-order valence-electron chi connectivity index (χ4n) is 8.54. The Balaban J connectivity index is 1.36. The summed E-state index contributed by atoms with van der Waals surface area (Å²) < 4.78 is 0. The van der Waals surface area contributed by atoms with Crippen molar-refractivity contribution >= 4 is 63.1 Å². The Hall–Kier alpha value is -8.48. The van der Waals surface area contributed by atoms with Gasteiger partial charge in [0.15, 0.2) is 0 Å². The monoisotopic (exact) mass is 796 g/mol. The summed E-state index contributed by atoms with van der Waals surface area (Å²) in [6, 6.07) is 69.3. The molecule has 6 nitrogen and oxygen atoms in total. The minimum Gasteiger partial charge on any atom is -0.354 e. The van der Waals surface area contributed by atoms with Gasteiger partial charge in [-0.05, 0) is 82.9 Å². The number of benzene rings is 6. The first kappa shape index (κ1) is 36.6. The highest BCUT2D eigenvalue weighted by Gasteiger charge is 2.24. The van der Waals surface area contributed by atoms with Gasteiger partial charge in [0.05, 0.1) is 45.2 Å². The van der Waals surface area contributed by atoms with E-state index in [9.17, 15) is 0 Å².